The van der Waals surface area contributed by atoms with Gasteiger partial charge in [-0.25, -0.2) is 0 Å². The van der Waals surface area contributed by atoms with E-state index in [1.807, 2.05) is 31.2 Å². The van der Waals surface area contributed by atoms with Crippen LogP contribution in [0.3, 0.4) is 0 Å². The summed E-state index contributed by atoms with van der Waals surface area (Å²) in [6.45, 7) is 1.78. The molecule has 0 aromatic heterocycles. The van der Waals surface area contributed by atoms with Crippen LogP contribution in [-0.4, -0.2) is 24.6 Å². The highest BCUT2D eigenvalue weighted by atomic mass is 32.1. The highest BCUT2D eigenvalue weighted by Gasteiger charge is 2.09. The molecule has 3 N–H and O–H groups in total. The Kier molecular flexibility index (Phi) is 6.92. The fourth-order valence-corrected chi connectivity index (χ4v) is 2.39. The molecule has 138 valence electrons. The Balaban J connectivity index is 2.07. The van der Waals surface area contributed by atoms with Gasteiger partial charge < -0.3 is 20.5 Å². The van der Waals surface area contributed by atoms with Gasteiger partial charge in [0.15, 0.2) is 18.1 Å². The van der Waals surface area contributed by atoms with Crippen LogP contribution < -0.4 is 20.5 Å². The minimum absolute atomic E-state index is 0.0182. The van der Waals surface area contributed by atoms with Crippen LogP contribution in [0, 0.1) is 18.3 Å². The van der Waals surface area contributed by atoms with Crippen LogP contribution in [0.4, 0.5) is 5.69 Å². The molecule has 0 heterocycles. The number of anilines is 1. The average Bonchev–Trinajstić information content (AvgIpc) is 2.64. The molecular formula is C20H19N3O3S. The molecule has 0 atom stereocenters. The van der Waals surface area contributed by atoms with Crippen molar-refractivity contribution < 1.29 is 14.3 Å². The Bertz CT molecular complexity index is 932. The van der Waals surface area contributed by atoms with Crippen LogP contribution in [0.25, 0.3) is 6.08 Å². The van der Waals surface area contributed by atoms with Gasteiger partial charge in [-0.1, -0.05) is 30.4 Å². The minimum atomic E-state index is -0.285. The quantitative estimate of drug-likeness (QED) is 0.434. The Morgan fingerprint density at radius 3 is 2.70 bits per heavy atom. The molecule has 0 fully saturated rings. The highest BCUT2D eigenvalue weighted by Crippen LogP contribution is 2.29. The minimum Gasteiger partial charge on any atom is -0.493 e. The Labute approximate surface area is 163 Å². The molecule has 0 saturated carbocycles. The number of hydrogen-bond donors (Lipinski definition) is 2. The smallest absolute Gasteiger partial charge is 0.262 e. The second kappa shape index (κ2) is 9.36. The SMILES string of the molecule is COc1cc(C=C(C#N)C(N)=S)ccc1OCC(=O)Nc1cccc(C)c1. The topological polar surface area (TPSA) is 97.4 Å². The number of nitrogens with zero attached hydrogens (tertiary/aromatic N) is 1. The summed E-state index contributed by atoms with van der Waals surface area (Å²) in [7, 11) is 1.49. The Morgan fingerprint density at radius 2 is 2.07 bits per heavy atom. The predicted molar refractivity (Wildman–Crippen MR) is 109 cm³/mol. The maximum atomic E-state index is 12.1. The molecule has 0 radical (unpaired) electrons. The lowest BCUT2D eigenvalue weighted by Gasteiger charge is -2.12. The molecule has 2 aromatic carbocycles. The first-order valence-corrected chi connectivity index (χ1v) is 8.42. The van der Waals surface area contributed by atoms with E-state index in [4.69, 9.17) is 32.7 Å². The lowest BCUT2D eigenvalue weighted by molar-refractivity contribution is -0.118. The van der Waals surface area contributed by atoms with E-state index in [0.717, 1.165) is 5.56 Å². The number of ether oxygens (including phenoxy) is 2. The van der Waals surface area contributed by atoms with Crippen LogP contribution >= 0.6 is 12.2 Å². The van der Waals surface area contributed by atoms with Crippen molar-refractivity contribution in [3.8, 4) is 17.6 Å². The number of benzene rings is 2. The summed E-state index contributed by atoms with van der Waals surface area (Å²) in [4.78, 5) is 12.1. The van der Waals surface area contributed by atoms with Gasteiger partial charge in [0, 0.05) is 5.69 Å². The predicted octanol–water partition coefficient (Wildman–Crippen LogP) is 3.21. The van der Waals surface area contributed by atoms with E-state index in [1.54, 1.807) is 30.3 Å². The van der Waals surface area contributed by atoms with Crippen molar-refractivity contribution >= 4 is 34.9 Å². The van der Waals surface area contributed by atoms with Gasteiger partial charge in [0.05, 0.1) is 12.7 Å². The molecule has 27 heavy (non-hydrogen) atoms. The molecule has 0 aliphatic rings. The Hall–Kier alpha value is -3.37. The van der Waals surface area contributed by atoms with E-state index in [2.05, 4.69) is 5.32 Å². The van der Waals surface area contributed by atoms with Gasteiger partial charge in [0.1, 0.15) is 11.1 Å². The first-order chi connectivity index (χ1) is 12.9. The van der Waals surface area contributed by atoms with E-state index < -0.39 is 0 Å². The summed E-state index contributed by atoms with van der Waals surface area (Å²) in [5, 5.41) is 11.8. The van der Waals surface area contributed by atoms with E-state index in [-0.39, 0.29) is 23.1 Å². The number of thiocarbonyl (C=S) groups is 1. The van der Waals surface area contributed by atoms with Crippen molar-refractivity contribution in [1.82, 2.24) is 0 Å². The van der Waals surface area contributed by atoms with E-state index in [9.17, 15) is 4.79 Å². The maximum absolute atomic E-state index is 12.1. The number of aryl methyl sites for hydroxylation is 1. The number of rotatable bonds is 7. The zero-order valence-corrected chi connectivity index (χ0v) is 15.8. The fraction of sp³-hybridized carbons (Fsp3) is 0.150. The molecule has 0 spiro atoms. The third-order valence-electron chi connectivity index (χ3n) is 3.55. The third kappa shape index (κ3) is 5.83. The molecule has 0 saturated heterocycles. The molecule has 0 unspecified atom stereocenters. The molecule has 2 aromatic rings. The second-order valence-electron chi connectivity index (χ2n) is 5.65. The number of carbonyl (C=O) groups excluding carboxylic acids is 1. The normalized spacial score (nSPS) is 10.6. The van der Waals surface area contributed by atoms with E-state index >= 15 is 0 Å². The fourth-order valence-electron chi connectivity index (χ4n) is 2.28. The zero-order chi connectivity index (χ0) is 19.8. The number of hydrogen-bond acceptors (Lipinski definition) is 5. The molecule has 1 amide bonds. The summed E-state index contributed by atoms with van der Waals surface area (Å²) in [6, 6.07) is 14.5. The summed E-state index contributed by atoms with van der Waals surface area (Å²) in [5.41, 5.74) is 8.11. The summed E-state index contributed by atoms with van der Waals surface area (Å²) in [5.74, 6) is 0.544. The molecule has 2 rings (SSSR count). The van der Waals surface area contributed by atoms with Crippen molar-refractivity contribution in [3.05, 3.63) is 59.2 Å². The van der Waals surface area contributed by atoms with Crippen molar-refractivity contribution in [1.29, 1.82) is 5.26 Å². The molecular weight excluding hydrogens is 362 g/mol. The molecule has 6 nitrogen and oxygen atoms in total. The summed E-state index contributed by atoms with van der Waals surface area (Å²) in [6.07, 6.45) is 1.55. The lowest BCUT2D eigenvalue weighted by Crippen LogP contribution is -2.20. The van der Waals surface area contributed by atoms with Gasteiger partial charge in [-0.2, -0.15) is 5.26 Å². The summed E-state index contributed by atoms with van der Waals surface area (Å²) < 4.78 is 10.8. The standard InChI is InChI=1S/C20H19N3O3S/c1-13-4-3-5-16(8-13)23-19(24)12-26-17-7-6-14(10-18(17)25-2)9-15(11-21)20(22)27/h3-10H,12H2,1-2H3,(H2,22,27)(H,23,24). The van der Waals surface area contributed by atoms with Crippen molar-refractivity contribution in [2.24, 2.45) is 5.73 Å². The molecule has 0 aliphatic carbocycles. The number of nitrogens with one attached hydrogen (secondary N) is 1. The first-order valence-electron chi connectivity index (χ1n) is 8.02. The van der Waals surface area contributed by atoms with Crippen LogP contribution in [0.2, 0.25) is 0 Å². The molecule has 0 aliphatic heterocycles. The van der Waals surface area contributed by atoms with Crippen LogP contribution in [-0.2, 0) is 4.79 Å². The second-order valence-corrected chi connectivity index (χ2v) is 6.09. The third-order valence-corrected chi connectivity index (χ3v) is 3.77. The first kappa shape index (κ1) is 19.9. The van der Waals surface area contributed by atoms with Crippen LogP contribution in [0.15, 0.2) is 48.0 Å². The lowest BCUT2D eigenvalue weighted by atomic mass is 10.1. The van der Waals surface area contributed by atoms with Gasteiger partial charge in [0.2, 0.25) is 0 Å². The van der Waals surface area contributed by atoms with Crippen LogP contribution in [0.5, 0.6) is 11.5 Å². The monoisotopic (exact) mass is 381 g/mol. The molecule has 0 bridgehead atoms. The number of amides is 1. The maximum Gasteiger partial charge on any atom is 0.262 e. The van der Waals surface area contributed by atoms with Gasteiger partial charge in [0.25, 0.3) is 5.91 Å². The van der Waals surface area contributed by atoms with Gasteiger partial charge in [-0.3, -0.25) is 4.79 Å². The zero-order valence-electron chi connectivity index (χ0n) is 15.0. The number of nitriles is 1. The van der Waals surface area contributed by atoms with E-state index in [0.29, 0.717) is 22.7 Å². The molecule has 7 heteroatoms. The van der Waals surface area contributed by atoms with Crippen molar-refractivity contribution in [2.45, 2.75) is 6.92 Å². The largest absolute Gasteiger partial charge is 0.493 e. The number of nitrogens with two attached hydrogens (primary N) is 1. The van der Waals surface area contributed by atoms with Crippen LogP contribution in [0.1, 0.15) is 11.1 Å². The van der Waals surface area contributed by atoms with Gasteiger partial charge in [-0.15, -0.1) is 0 Å². The van der Waals surface area contributed by atoms with Crippen molar-refractivity contribution in [3.63, 3.8) is 0 Å². The summed E-state index contributed by atoms with van der Waals surface area (Å²) >= 11 is 4.82. The number of carbonyl (C=O) groups is 1. The average molecular weight is 381 g/mol. The van der Waals surface area contributed by atoms with E-state index in [1.165, 1.54) is 7.11 Å². The number of methoxy groups -OCH3 is 1. The van der Waals surface area contributed by atoms with Gasteiger partial charge >= 0.3 is 0 Å². The Morgan fingerprint density at radius 1 is 1.30 bits per heavy atom. The van der Waals surface area contributed by atoms with Crippen molar-refractivity contribution in [2.75, 3.05) is 19.0 Å². The van der Waals surface area contributed by atoms with Gasteiger partial charge in [-0.05, 0) is 48.4 Å². The highest BCUT2D eigenvalue weighted by molar-refractivity contribution is 7.80.